The third-order valence-corrected chi connectivity index (χ3v) is 6.52. The van der Waals surface area contributed by atoms with E-state index in [-0.39, 0.29) is 23.6 Å². The Hall–Kier alpha value is -3.10. The van der Waals surface area contributed by atoms with Crippen molar-refractivity contribution in [3.05, 3.63) is 35.4 Å². The van der Waals surface area contributed by atoms with Gasteiger partial charge >= 0.3 is 6.03 Å². The van der Waals surface area contributed by atoms with Crippen LogP contribution in [0.3, 0.4) is 0 Å². The minimum atomic E-state index is -1.11. The molecule has 0 spiro atoms. The van der Waals surface area contributed by atoms with E-state index in [2.05, 4.69) is 21.3 Å². The zero-order chi connectivity index (χ0) is 24.2. The van der Waals surface area contributed by atoms with E-state index in [9.17, 15) is 19.2 Å². The van der Waals surface area contributed by atoms with Gasteiger partial charge in [0.25, 0.3) is 0 Å². The van der Waals surface area contributed by atoms with Crippen molar-refractivity contribution in [2.24, 2.45) is 17.1 Å². The smallest absolute Gasteiger partial charge is 0.312 e. The molecule has 1 aliphatic heterocycles. The second-order valence-corrected chi connectivity index (χ2v) is 9.50. The number of nitrogens with one attached hydrogen (secondary N) is 4. The fraction of sp³-hybridized carbons (Fsp3) is 0.583. The molecule has 1 aromatic rings. The van der Waals surface area contributed by atoms with Gasteiger partial charge in [-0.25, -0.2) is 4.79 Å². The van der Waals surface area contributed by atoms with Crippen LogP contribution in [0.4, 0.5) is 4.79 Å². The first-order valence-corrected chi connectivity index (χ1v) is 11.7. The number of nitrogens with two attached hydrogens (primary N) is 1. The van der Waals surface area contributed by atoms with Crippen molar-refractivity contribution in [2.75, 3.05) is 6.54 Å². The number of amides is 5. The Balaban J connectivity index is 1.84. The molecule has 33 heavy (non-hydrogen) atoms. The van der Waals surface area contributed by atoms with Crippen LogP contribution in [0, 0.1) is 11.3 Å². The molecule has 9 nitrogen and oxygen atoms in total. The van der Waals surface area contributed by atoms with Gasteiger partial charge in [0.15, 0.2) is 0 Å². The summed E-state index contributed by atoms with van der Waals surface area (Å²) >= 11 is 0. The topological polar surface area (TPSA) is 142 Å². The molecule has 1 saturated heterocycles. The van der Waals surface area contributed by atoms with Gasteiger partial charge in [-0.15, -0.1) is 0 Å². The molecule has 5 amide bonds. The predicted octanol–water partition coefficient (Wildman–Crippen LogP) is 1.27. The van der Waals surface area contributed by atoms with E-state index in [1.165, 1.54) is 0 Å². The highest BCUT2D eigenvalue weighted by Crippen LogP contribution is 2.37. The predicted molar refractivity (Wildman–Crippen MR) is 124 cm³/mol. The number of fused-ring (bicyclic) bond motifs is 1. The molecule has 1 aromatic carbocycles. The summed E-state index contributed by atoms with van der Waals surface area (Å²) in [7, 11) is 0. The summed E-state index contributed by atoms with van der Waals surface area (Å²) in [6.07, 6.45) is 2.57. The largest absolute Gasteiger partial charge is 0.355 e. The Labute approximate surface area is 194 Å². The Morgan fingerprint density at radius 1 is 1.21 bits per heavy atom. The van der Waals surface area contributed by atoms with Gasteiger partial charge in [-0.1, -0.05) is 51.5 Å². The van der Waals surface area contributed by atoms with Crippen molar-refractivity contribution >= 4 is 23.8 Å². The SMILES string of the molecule is CCCC(NC(N)=O)C(=O)N[C@@H]1Cc2ccccc2[C@H]1NC(=O)C1(CC(C)C)CCNC1=O. The Bertz CT molecular complexity index is 918. The number of primary amides is 1. The van der Waals surface area contributed by atoms with Crippen LogP contribution in [0.15, 0.2) is 24.3 Å². The van der Waals surface area contributed by atoms with Crippen LogP contribution in [-0.4, -0.2) is 42.4 Å². The van der Waals surface area contributed by atoms with Crippen LogP contribution in [0.25, 0.3) is 0 Å². The maximum atomic E-state index is 13.5. The highest BCUT2D eigenvalue weighted by Gasteiger charge is 2.50. The number of hydrogen-bond donors (Lipinski definition) is 5. The van der Waals surface area contributed by atoms with E-state index in [0.29, 0.717) is 38.6 Å². The molecule has 9 heteroatoms. The van der Waals surface area contributed by atoms with Crippen molar-refractivity contribution in [1.82, 2.24) is 21.3 Å². The molecule has 2 unspecified atom stereocenters. The van der Waals surface area contributed by atoms with E-state index in [4.69, 9.17) is 5.73 Å². The highest BCUT2D eigenvalue weighted by molar-refractivity contribution is 6.06. The zero-order valence-corrected chi connectivity index (χ0v) is 19.6. The number of urea groups is 1. The standard InChI is InChI=1S/C24H35N5O4/c1-4-7-17(28-23(25)33)20(30)27-18-12-15-8-5-6-9-16(15)19(18)29-22(32)24(13-14(2)3)10-11-26-21(24)31/h5-6,8-9,14,17-19H,4,7,10-13H2,1-3H3,(H,26,31)(H,27,30)(H,29,32)(H3,25,28,33)/t17?,18-,19-,24?/m1/s1. The molecule has 0 aromatic heterocycles. The van der Waals surface area contributed by atoms with Crippen LogP contribution in [0.5, 0.6) is 0 Å². The van der Waals surface area contributed by atoms with Crippen molar-refractivity contribution in [3.63, 3.8) is 0 Å². The fourth-order valence-corrected chi connectivity index (χ4v) is 5.07. The molecular weight excluding hydrogens is 422 g/mol. The van der Waals surface area contributed by atoms with Gasteiger partial charge in [0.1, 0.15) is 11.5 Å². The van der Waals surface area contributed by atoms with Crippen LogP contribution in [-0.2, 0) is 20.8 Å². The minimum Gasteiger partial charge on any atom is -0.355 e. The maximum Gasteiger partial charge on any atom is 0.312 e. The van der Waals surface area contributed by atoms with E-state index in [1.54, 1.807) is 0 Å². The van der Waals surface area contributed by atoms with Crippen molar-refractivity contribution < 1.29 is 19.2 Å². The lowest BCUT2D eigenvalue weighted by Gasteiger charge is -2.31. The van der Waals surface area contributed by atoms with Gasteiger partial charge in [-0.05, 0) is 42.7 Å². The lowest BCUT2D eigenvalue weighted by molar-refractivity contribution is -0.143. The van der Waals surface area contributed by atoms with Gasteiger partial charge in [-0.3, -0.25) is 14.4 Å². The molecule has 0 bridgehead atoms. The second-order valence-electron chi connectivity index (χ2n) is 9.50. The average Bonchev–Trinajstić information content (AvgIpc) is 3.28. The number of benzene rings is 1. The summed E-state index contributed by atoms with van der Waals surface area (Å²) < 4.78 is 0. The first-order valence-electron chi connectivity index (χ1n) is 11.7. The summed E-state index contributed by atoms with van der Waals surface area (Å²) in [5, 5.41) is 11.4. The van der Waals surface area contributed by atoms with Crippen molar-refractivity contribution in [1.29, 1.82) is 0 Å². The Kier molecular flexibility index (Phi) is 7.61. The second kappa shape index (κ2) is 10.2. The Morgan fingerprint density at radius 3 is 2.55 bits per heavy atom. The first kappa shape index (κ1) is 24.5. The summed E-state index contributed by atoms with van der Waals surface area (Å²) in [6, 6.07) is 5.31. The molecular formula is C24H35N5O4. The zero-order valence-electron chi connectivity index (χ0n) is 19.6. The van der Waals surface area contributed by atoms with Crippen molar-refractivity contribution in [2.45, 2.75) is 71.0 Å². The van der Waals surface area contributed by atoms with Crippen LogP contribution in [0.2, 0.25) is 0 Å². The molecule has 1 aliphatic carbocycles. The third kappa shape index (κ3) is 5.29. The summed E-state index contributed by atoms with van der Waals surface area (Å²) in [5.41, 5.74) is 6.08. The third-order valence-electron chi connectivity index (χ3n) is 6.52. The average molecular weight is 458 g/mol. The van der Waals surface area contributed by atoms with Gasteiger partial charge in [0, 0.05) is 6.54 Å². The summed E-state index contributed by atoms with van der Waals surface area (Å²) in [4.78, 5) is 50.6. The molecule has 180 valence electrons. The molecule has 6 N–H and O–H groups in total. The molecule has 1 heterocycles. The normalized spacial score (nSPS) is 24.7. The lowest BCUT2D eigenvalue weighted by Crippen LogP contribution is -2.55. The van der Waals surface area contributed by atoms with Crippen molar-refractivity contribution in [3.8, 4) is 0 Å². The van der Waals surface area contributed by atoms with Gasteiger partial charge < -0.3 is 27.0 Å². The number of carbonyl (C=O) groups is 4. The molecule has 1 fully saturated rings. The monoisotopic (exact) mass is 457 g/mol. The molecule has 0 saturated carbocycles. The first-order chi connectivity index (χ1) is 15.7. The number of rotatable bonds is 9. The molecule has 3 rings (SSSR count). The fourth-order valence-electron chi connectivity index (χ4n) is 5.07. The molecule has 0 radical (unpaired) electrons. The maximum absolute atomic E-state index is 13.5. The lowest BCUT2D eigenvalue weighted by atomic mass is 9.77. The van der Waals surface area contributed by atoms with E-state index in [1.807, 2.05) is 45.0 Å². The van der Waals surface area contributed by atoms with Gasteiger partial charge in [0.2, 0.25) is 17.7 Å². The van der Waals surface area contributed by atoms with Gasteiger partial charge in [-0.2, -0.15) is 0 Å². The van der Waals surface area contributed by atoms with E-state index in [0.717, 1.165) is 11.1 Å². The summed E-state index contributed by atoms with van der Waals surface area (Å²) in [5.74, 6) is -0.731. The van der Waals surface area contributed by atoms with Gasteiger partial charge in [0.05, 0.1) is 12.1 Å². The number of carbonyl (C=O) groups excluding carboxylic acids is 4. The highest BCUT2D eigenvalue weighted by atomic mass is 16.2. The minimum absolute atomic E-state index is 0.167. The van der Waals surface area contributed by atoms with E-state index >= 15 is 0 Å². The quantitative estimate of drug-likeness (QED) is 0.356. The number of hydrogen-bond acceptors (Lipinski definition) is 4. The van der Waals surface area contributed by atoms with E-state index < -0.39 is 29.6 Å². The van der Waals surface area contributed by atoms with Crippen LogP contribution in [0.1, 0.15) is 63.6 Å². The van der Waals surface area contributed by atoms with Crippen LogP contribution >= 0.6 is 0 Å². The Morgan fingerprint density at radius 2 is 1.94 bits per heavy atom. The summed E-state index contributed by atoms with van der Waals surface area (Å²) in [6.45, 7) is 6.37. The molecule has 4 atom stereocenters. The van der Waals surface area contributed by atoms with Crippen LogP contribution < -0.4 is 27.0 Å². The molecule has 2 aliphatic rings.